The second-order valence-corrected chi connectivity index (χ2v) is 30.2. The van der Waals surface area contributed by atoms with Crippen LogP contribution in [0.1, 0.15) is 92.6 Å². The SMILES string of the molecule is CC1(C)CCC(c2ccc(Cl)cc2)=C(CN2CCN(c3ccc(C(=O)NS(=O)(=O)c4ccc(N[C@H](CCN5CC6CC5CC6CN5CCN(c6ccc(C7CCC(=O)NC7=O)cc6)CC5)CSc5ccccc5)c(S(=O)(=O)C(F)(F)F)c4)cc3)CC2)C1. The van der Waals surface area contributed by atoms with Gasteiger partial charge in [0, 0.05) is 130 Å². The molecule has 5 fully saturated rings. The molecule has 4 saturated heterocycles. The van der Waals surface area contributed by atoms with Crippen molar-refractivity contribution >= 4 is 83.6 Å². The Labute approximate surface area is 518 Å². The summed E-state index contributed by atoms with van der Waals surface area (Å²) in [5, 5.41) is 6.27. The van der Waals surface area contributed by atoms with Crippen LogP contribution in [-0.2, 0) is 29.4 Å². The number of likely N-dealkylation sites (tertiary alicyclic amines) is 1. The van der Waals surface area contributed by atoms with E-state index in [0.717, 1.165) is 138 Å². The number of hydrogen-bond donors (Lipinski definition) is 3. The molecule has 11 rings (SSSR count). The van der Waals surface area contributed by atoms with Crippen molar-refractivity contribution in [1.29, 1.82) is 0 Å². The van der Waals surface area contributed by atoms with Gasteiger partial charge in [0.25, 0.3) is 25.8 Å². The summed E-state index contributed by atoms with van der Waals surface area (Å²) in [4.78, 5) is 48.5. The average Bonchev–Trinajstić information content (AvgIpc) is 2.47. The number of piperazine rings is 2. The molecule has 4 heterocycles. The van der Waals surface area contributed by atoms with Crippen LogP contribution in [0.15, 0.2) is 142 Å². The molecule has 1 saturated carbocycles. The number of piperidine rings is 2. The van der Waals surface area contributed by atoms with Crippen molar-refractivity contribution < 1.29 is 44.4 Å². The highest BCUT2D eigenvalue weighted by Crippen LogP contribution is 2.45. The van der Waals surface area contributed by atoms with Gasteiger partial charge in [-0.25, -0.2) is 21.6 Å². The van der Waals surface area contributed by atoms with E-state index in [1.807, 2.05) is 59.3 Å². The summed E-state index contributed by atoms with van der Waals surface area (Å²) in [6, 6.07) is 34.5. The third kappa shape index (κ3) is 14.9. The molecule has 0 radical (unpaired) electrons. The smallest absolute Gasteiger partial charge is 0.380 e. The van der Waals surface area contributed by atoms with Gasteiger partial charge < -0.3 is 15.1 Å². The molecule has 0 aromatic heterocycles. The third-order valence-corrected chi connectivity index (χ3v) is 22.9. The zero-order valence-electron chi connectivity index (χ0n) is 49.1. The van der Waals surface area contributed by atoms with Gasteiger partial charge in [0.05, 0.1) is 16.5 Å². The van der Waals surface area contributed by atoms with Crippen LogP contribution in [0.5, 0.6) is 0 Å². The third-order valence-electron chi connectivity index (χ3n) is 18.6. The van der Waals surface area contributed by atoms with Crippen LogP contribution in [0.4, 0.5) is 30.2 Å². The zero-order chi connectivity index (χ0) is 61.3. The highest BCUT2D eigenvalue weighted by molar-refractivity contribution is 7.99. The number of sulfone groups is 1. The van der Waals surface area contributed by atoms with Crippen molar-refractivity contribution in [2.75, 3.05) is 99.4 Å². The maximum absolute atomic E-state index is 14.6. The number of nitrogens with zero attached hydrogens (tertiary/aromatic N) is 5. The quantitative estimate of drug-likeness (QED) is 0.0497. The molecule has 6 aliphatic rings. The minimum Gasteiger partial charge on any atom is -0.380 e. The molecule has 5 aromatic carbocycles. The maximum Gasteiger partial charge on any atom is 0.501 e. The monoisotopic (exact) mass is 1270 g/mol. The molecule has 3 amide bonds. The number of rotatable bonds is 20. The number of amides is 3. The molecule has 2 bridgehead atoms. The molecule has 3 N–H and O–H groups in total. The Morgan fingerprint density at radius 2 is 1.45 bits per heavy atom. The number of sulfonamides is 1. The van der Waals surface area contributed by atoms with Crippen LogP contribution < -0.4 is 25.2 Å². The molecule has 5 aromatic rings. The molecule has 2 aliphatic carbocycles. The van der Waals surface area contributed by atoms with Gasteiger partial charge >= 0.3 is 5.51 Å². The number of imide groups is 1. The number of halogens is 4. The summed E-state index contributed by atoms with van der Waals surface area (Å²) in [5.41, 5.74) is 0.955. The fourth-order valence-corrected chi connectivity index (χ4v) is 16.9. The minimum absolute atomic E-state index is 0.00579. The van der Waals surface area contributed by atoms with Crippen LogP contribution >= 0.6 is 23.4 Å². The van der Waals surface area contributed by atoms with E-state index in [0.29, 0.717) is 60.5 Å². The number of carbonyl (C=O) groups is 3. The van der Waals surface area contributed by atoms with Gasteiger partial charge in [0.1, 0.15) is 4.90 Å². The van der Waals surface area contributed by atoms with Crippen LogP contribution in [0.3, 0.4) is 0 Å². The topological polar surface area (TPSA) is 172 Å². The number of thioether (sulfide) groups is 1. The molecule has 0 spiro atoms. The molecule has 15 nitrogen and oxygen atoms in total. The summed E-state index contributed by atoms with van der Waals surface area (Å²) < 4.78 is 100. The standard InChI is InChI=1S/C65H76ClF3N8O7S3/c1-64(2)26-24-57(44-8-14-50(66)15-9-44)49(39-64)41-74-30-34-76(35-31-74)53-18-12-46(13-19-53)62(79)72-87(83,84)56-20-22-59(60(38-56)86(81,82)65(67,68)69)70-51(43-85-55-6-4-3-5-7-55)25-27-77-42-48-37-54(77)36-47(48)40-73-28-32-75(33-29-73)52-16-10-45(11-17-52)58-21-23-61(78)71-63(58)80/h3-20,22,38,47-48,51,54,58,70H,21,23-37,39-43H2,1-2H3,(H,72,79)(H,71,78,80)/t47?,48?,51-,54?,58?/m1/s1. The zero-order valence-corrected chi connectivity index (χ0v) is 52.3. The van der Waals surface area contributed by atoms with E-state index < -0.39 is 52.8 Å². The lowest BCUT2D eigenvalue weighted by Gasteiger charge is -2.39. The number of nitrogens with one attached hydrogen (secondary N) is 3. The van der Waals surface area contributed by atoms with Crippen LogP contribution in [-0.4, -0.2) is 151 Å². The molecular formula is C65H76ClF3N8O7S3. The summed E-state index contributed by atoms with van der Waals surface area (Å²) in [5.74, 6) is -0.427. The predicted octanol–water partition coefficient (Wildman–Crippen LogP) is 10.6. The van der Waals surface area contributed by atoms with Crippen molar-refractivity contribution in [3.63, 3.8) is 0 Å². The number of allylic oxidation sites excluding steroid dienone is 1. The number of anilines is 3. The Kier molecular flexibility index (Phi) is 18.9. The Hall–Kier alpha value is -5.94. The van der Waals surface area contributed by atoms with E-state index in [1.54, 1.807) is 12.1 Å². The number of alkyl halides is 3. The van der Waals surface area contributed by atoms with Gasteiger partial charge in [-0.05, 0) is 158 Å². The largest absolute Gasteiger partial charge is 0.501 e. The number of carbonyl (C=O) groups excluding carboxylic acids is 3. The summed E-state index contributed by atoms with van der Waals surface area (Å²) >= 11 is 7.70. The fourth-order valence-electron chi connectivity index (χ4n) is 13.7. The Morgan fingerprint density at radius 3 is 2.08 bits per heavy atom. The van der Waals surface area contributed by atoms with E-state index in [1.165, 1.54) is 40.6 Å². The first kappa shape index (κ1) is 62.7. The van der Waals surface area contributed by atoms with E-state index in [-0.39, 0.29) is 28.7 Å². The van der Waals surface area contributed by atoms with E-state index in [4.69, 9.17) is 11.6 Å². The predicted molar refractivity (Wildman–Crippen MR) is 336 cm³/mol. The van der Waals surface area contributed by atoms with Gasteiger partial charge in [-0.1, -0.05) is 73.5 Å². The minimum atomic E-state index is -6.11. The van der Waals surface area contributed by atoms with Gasteiger partial charge in [-0.15, -0.1) is 11.8 Å². The van der Waals surface area contributed by atoms with Gasteiger partial charge in [0.2, 0.25) is 11.8 Å². The highest BCUT2D eigenvalue weighted by Gasteiger charge is 2.49. The molecule has 4 unspecified atom stereocenters. The molecule has 22 heteroatoms. The second-order valence-electron chi connectivity index (χ2n) is 25.1. The number of hydrogen-bond acceptors (Lipinski definition) is 14. The average molecular weight is 1270 g/mol. The summed E-state index contributed by atoms with van der Waals surface area (Å²) in [6.45, 7) is 14.7. The fraction of sp³-hybridized carbons (Fsp3) is 0.462. The Balaban J connectivity index is 0.700. The van der Waals surface area contributed by atoms with Gasteiger partial charge in [-0.2, -0.15) is 13.2 Å². The first-order chi connectivity index (χ1) is 41.5. The number of benzene rings is 5. The van der Waals surface area contributed by atoms with E-state index in [9.17, 15) is 44.4 Å². The molecular weight excluding hydrogens is 1190 g/mol. The van der Waals surface area contributed by atoms with E-state index >= 15 is 0 Å². The summed E-state index contributed by atoms with van der Waals surface area (Å²) in [6.07, 6.45) is 6.53. The number of fused-ring (bicyclic) bond motifs is 2. The van der Waals surface area contributed by atoms with Gasteiger partial charge in [0.15, 0.2) is 0 Å². The Morgan fingerprint density at radius 1 is 0.793 bits per heavy atom. The lowest BCUT2D eigenvalue weighted by atomic mass is 9.73. The molecule has 87 heavy (non-hydrogen) atoms. The van der Waals surface area contributed by atoms with Crippen molar-refractivity contribution in [3.05, 3.63) is 149 Å². The lowest BCUT2D eigenvalue weighted by Crippen LogP contribution is -2.49. The first-order valence-corrected chi connectivity index (χ1v) is 34.5. The highest BCUT2D eigenvalue weighted by atomic mass is 35.5. The Bertz CT molecular complexity index is 3570. The van der Waals surface area contributed by atoms with Crippen LogP contribution in [0.2, 0.25) is 5.02 Å². The van der Waals surface area contributed by atoms with Crippen molar-refractivity contribution in [1.82, 2.24) is 24.7 Å². The van der Waals surface area contributed by atoms with Crippen molar-refractivity contribution in [2.24, 2.45) is 17.3 Å². The van der Waals surface area contributed by atoms with Crippen LogP contribution in [0.25, 0.3) is 5.57 Å². The van der Waals surface area contributed by atoms with E-state index in [2.05, 4.69) is 73.2 Å². The van der Waals surface area contributed by atoms with Crippen molar-refractivity contribution in [3.8, 4) is 0 Å². The second kappa shape index (κ2) is 26.3. The molecule has 5 atom stereocenters. The van der Waals surface area contributed by atoms with Crippen molar-refractivity contribution in [2.45, 2.75) is 103 Å². The maximum atomic E-state index is 14.6. The summed E-state index contributed by atoms with van der Waals surface area (Å²) in [7, 11) is -11.0. The normalized spacial score (nSPS) is 22.8. The first-order valence-electron chi connectivity index (χ1n) is 30.2. The molecule has 4 aliphatic heterocycles. The molecule has 464 valence electrons. The van der Waals surface area contributed by atoms with Crippen LogP contribution in [0, 0.1) is 17.3 Å². The van der Waals surface area contributed by atoms with Gasteiger partial charge in [-0.3, -0.25) is 34.4 Å². The lowest BCUT2D eigenvalue weighted by molar-refractivity contribution is -0.134.